The maximum atomic E-state index is 12.6. The predicted molar refractivity (Wildman–Crippen MR) is 115 cm³/mol. The minimum atomic E-state index is -0.138. The zero-order chi connectivity index (χ0) is 20.3. The number of hydrogen-bond donors (Lipinski definition) is 1. The van der Waals surface area contributed by atoms with E-state index < -0.39 is 0 Å². The lowest BCUT2D eigenvalue weighted by atomic mass is 10.2. The van der Waals surface area contributed by atoms with E-state index in [1.54, 1.807) is 17.2 Å². The van der Waals surface area contributed by atoms with E-state index in [1.165, 1.54) is 12.8 Å². The SMILES string of the molecule is O=C(Cn1ncc2c(N3CCCC3)ncnc21)Nc1ccc(N2CCOCC2)cc1. The Morgan fingerprint density at radius 3 is 2.53 bits per heavy atom. The van der Waals surface area contributed by atoms with Gasteiger partial charge in [0.05, 0.1) is 24.8 Å². The second-order valence-electron chi connectivity index (χ2n) is 7.63. The fourth-order valence-corrected chi connectivity index (χ4v) is 4.09. The van der Waals surface area contributed by atoms with Crippen LogP contribution in [0.3, 0.4) is 0 Å². The van der Waals surface area contributed by atoms with E-state index in [9.17, 15) is 4.79 Å². The Morgan fingerprint density at radius 1 is 1.00 bits per heavy atom. The number of carbonyl (C=O) groups excluding carboxylic acids is 1. The molecule has 1 amide bonds. The molecule has 0 saturated carbocycles. The Kier molecular flexibility index (Phi) is 5.18. The molecule has 5 rings (SSSR count). The molecular weight excluding hydrogens is 382 g/mol. The molecule has 0 spiro atoms. The summed E-state index contributed by atoms with van der Waals surface area (Å²) in [4.78, 5) is 25.9. The van der Waals surface area contributed by atoms with Gasteiger partial charge in [-0.05, 0) is 37.1 Å². The van der Waals surface area contributed by atoms with Gasteiger partial charge < -0.3 is 19.9 Å². The minimum Gasteiger partial charge on any atom is -0.378 e. The van der Waals surface area contributed by atoms with E-state index in [2.05, 4.69) is 30.2 Å². The van der Waals surface area contributed by atoms with Crippen molar-refractivity contribution in [2.45, 2.75) is 19.4 Å². The van der Waals surface area contributed by atoms with Crippen LogP contribution >= 0.6 is 0 Å². The highest BCUT2D eigenvalue weighted by molar-refractivity contribution is 5.92. The fraction of sp³-hybridized carbons (Fsp3) is 0.429. The monoisotopic (exact) mass is 407 g/mol. The lowest BCUT2D eigenvalue weighted by Crippen LogP contribution is -2.36. The van der Waals surface area contributed by atoms with Crippen molar-refractivity contribution in [3.8, 4) is 0 Å². The van der Waals surface area contributed by atoms with Gasteiger partial charge in [-0.25, -0.2) is 14.6 Å². The number of fused-ring (bicyclic) bond motifs is 1. The smallest absolute Gasteiger partial charge is 0.246 e. The van der Waals surface area contributed by atoms with E-state index >= 15 is 0 Å². The number of benzene rings is 1. The molecule has 0 atom stereocenters. The van der Waals surface area contributed by atoms with Gasteiger partial charge in [-0.2, -0.15) is 5.10 Å². The highest BCUT2D eigenvalue weighted by atomic mass is 16.5. The zero-order valence-corrected chi connectivity index (χ0v) is 16.8. The van der Waals surface area contributed by atoms with Crippen molar-refractivity contribution in [1.82, 2.24) is 19.7 Å². The molecular formula is C21H25N7O2. The van der Waals surface area contributed by atoms with Crippen LogP contribution in [-0.2, 0) is 16.1 Å². The molecule has 0 bridgehead atoms. The van der Waals surface area contributed by atoms with Gasteiger partial charge in [0.25, 0.3) is 0 Å². The molecule has 2 aliphatic rings. The standard InChI is InChI=1S/C21H25N7O2/c29-19(25-16-3-5-17(6-4-16)26-9-11-30-12-10-26)14-28-21-18(13-24-28)20(22-15-23-21)27-7-1-2-8-27/h3-6,13,15H,1-2,7-12,14H2,(H,25,29). The average molecular weight is 407 g/mol. The molecule has 4 heterocycles. The molecule has 30 heavy (non-hydrogen) atoms. The molecule has 9 nitrogen and oxygen atoms in total. The summed E-state index contributed by atoms with van der Waals surface area (Å²) in [7, 11) is 0. The van der Waals surface area contributed by atoms with Crippen LogP contribution in [0.2, 0.25) is 0 Å². The number of nitrogens with one attached hydrogen (secondary N) is 1. The number of rotatable bonds is 5. The third-order valence-corrected chi connectivity index (χ3v) is 5.64. The first kappa shape index (κ1) is 18.8. The van der Waals surface area contributed by atoms with Crippen molar-refractivity contribution in [3.63, 3.8) is 0 Å². The molecule has 1 N–H and O–H groups in total. The second-order valence-corrected chi connectivity index (χ2v) is 7.63. The van der Waals surface area contributed by atoms with Crippen LogP contribution in [0.1, 0.15) is 12.8 Å². The molecule has 2 fully saturated rings. The molecule has 0 aliphatic carbocycles. The van der Waals surface area contributed by atoms with Gasteiger partial charge in [-0.1, -0.05) is 0 Å². The van der Waals surface area contributed by atoms with Crippen LogP contribution < -0.4 is 15.1 Å². The lowest BCUT2D eigenvalue weighted by molar-refractivity contribution is -0.116. The van der Waals surface area contributed by atoms with Crippen LogP contribution in [0.4, 0.5) is 17.2 Å². The van der Waals surface area contributed by atoms with Gasteiger partial charge in [-0.15, -0.1) is 0 Å². The first-order chi connectivity index (χ1) is 14.8. The number of aromatic nitrogens is 4. The first-order valence-corrected chi connectivity index (χ1v) is 10.4. The third-order valence-electron chi connectivity index (χ3n) is 5.64. The third kappa shape index (κ3) is 3.80. The largest absolute Gasteiger partial charge is 0.378 e. The number of hydrogen-bond acceptors (Lipinski definition) is 7. The molecule has 156 valence electrons. The summed E-state index contributed by atoms with van der Waals surface area (Å²) in [5.41, 5.74) is 2.59. The van der Waals surface area contributed by atoms with Crippen LogP contribution in [0.5, 0.6) is 0 Å². The molecule has 0 radical (unpaired) electrons. The summed E-state index contributed by atoms with van der Waals surface area (Å²) in [6, 6.07) is 7.91. The Bertz CT molecular complexity index is 1020. The van der Waals surface area contributed by atoms with E-state index in [1.807, 2.05) is 24.3 Å². The van der Waals surface area contributed by atoms with Gasteiger partial charge in [0.15, 0.2) is 5.65 Å². The minimum absolute atomic E-state index is 0.102. The summed E-state index contributed by atoms with van der Waals surface area (Å²) in [5.74, 6) is 0.767. The van der Waals surface area contributed by atoms with E-state index in [0.29, 0.717) is 5.65 Å². The molecule has 3 aromatic rings. The van der Waals surface area contributed by atoms with Gasteiger partial charge in [0.2, 0.25) is 5.91 Å². The fourth-order valence-electron chi connectivity index (χ4n) is 4.09. The number of carbonyl (C=O) groups is 1. The normalized spacial score (nSPS) is 16.9. The number of nitrogens with zero attached hydrogens (tertiary/aromatic N) is 6. The Hall–Kier alpha value is -3.20. The van der Waals surface area contributed by atoms with E-state index in [0.717, 1.165) is 62.0 Å². The first-order valence-electron chi connectivity index (χ1n) is 10.4. The second kappa shape index (κ2) is 8.27. The van der Waals surface area contributed by atoms with Gasteiger partial charge in [0, 0.05) is 37.6 Å². The van der Waals surface area contributed by atoms with Crippen molar-refractivity contribution in [2.75, 3.05) is 54.5 Å². The highest BCUT2D eigenvalue weighted by Gasteiger charge is 2.19. The van der Waals surface area contributed by atoms with Crippen molar-refractivity contribution in [1.29, 1.82) is 0 Å². The molecule has 2 aliphatic heterocycles. The van der Waals surface area contributed by atoms with E-state index in [-0.39, 0.29) is 12.5 Å². The van der Waals surface area contributed by atoms with Crippen molar-refractivity contribution in [3.05, 3.63) is 36.8 Å². The maximum absolute atomic E-state index is 12.6. The van der Waals surface area contributed by atoms with Gasteiger partial charge >= 0.3 is 0 Å². The summed E-state index contributed by atoms with van der Waals surface area (Å²) in [5, 5.41) is 8.23. The zero-order valence-electron chi connectivity index (χ0n) is 16.8. The lowest BCUT2D eigenvalue weighted by Gasteiger charge is -2.28. The Labute approximate surface area is 174 Å². The summed E-state index contributed by atoms with van der Waals surface area (Å²) < 4.78 is 7.03. The van der Waals surface area contributed by atoms with Gasteiger partial charge in [-0.3, -0.25) is 4.79 Å². The summed E-state index contributed by atoms with van der Waals surface area (Å²) >= 11 is 0. The van der Waals surface area contributed by atoms with Gasteiger partial charge in [0.1, 0.15) is 18.7 Å². The number of amides is 1. The quantitative estimate of drug-likeness (QED) is 0.691. The van der Waals surface area contributed by atoms with Crippen LogP contribution in [0, 0.1) is 0 Å². The molecule has 2 aromatic heterocycles. The molecule has 2 saturated heterocycles. The molecule has 9 heteroatoms. The van der Waals surface area contributed by atoms with E-state index in [4.69, 9.17) is 4.74 Å². The van der Waals surface area contributed by atoms with Crippen LogP contribution in [0.25, 0.3) is 11.0 Å². The topological polar surface area (TPSA) is 88.4 Å². The average Bonchev–Trinajstić information content (AvgIpc) is 3.45. The predicted octanol–water partition coefficient (Wildman–Crippen LogP) is 1.90. The maximum Gasteiger partial charge on any atom is 0.246 e. The van der Waals surface area contributed by atoms with Crippen LogP contribution in [0.15, 0.2) is 36.8 Å². The number of ether oxygens (including phenoxy) is 1. The Morgan fingerprint density at radius 2 is 1.77 bits per heavy atom. The Balaban J connectivity index is 1.26. The van der Waals surface area contributed by atoms with Crippen molar-refractivity contribution < 1.29 is 9.53 Å². The van der Waals surface area contributed by atoms with Crippen molar-refractivity contribution in [2.24, 2.45) is 0 Å². The highest BCUT2D eigenvalue weighted by Crippen LogP contribution is 2.25. The van der Waals surface area contributed by atoms with Crippen LogP contribution in [-0.4, -0.2) is 65.0 Å². The molecule has 1 aromatic carbocycles. The number of morpholine rings is 1. The molecule has 0 unspecified atom stereocenters. The summed E-state index contributed by atoms with van der Waals surface area (Å²) in [6.45, 7) is 5.37. The summed E-state index contributed by atoms with van der Waals surface area (Å²) in [6.07, 6.45) is 5.66. The van der Waals surface area contributed by atoms with Crippen molar-refractivity contribution >= 4 is 34.1 Å². The number of anilines is 3.